The van der Waals surface area contributed by atoms with Gasteiger partial charge < -0.3 is 19.3 Å². The van der Waals surface area contributed by atoms with Crippen LogP contribution in [-0.2, 0) is 14.2 Å². The molecule has 1 atom stereocenters. The molecule has 0 aromatic carbocycles. The molecule has 2 fully saturated rings. The molecule has 104 valence electrons. The lowest BCUT2D eigenvalue weighted by molar-refractivity contribution is 0.0483. The van der Waals surface area contributed by atoms with Crippen molar-refractivity contribution in [2.45, 2.75) is 31.8 Å². The largest absolute Gasteiger partial charge is 0.378 e. The fourth-order valence-corrected chi connectivity index (χ4v) is 2.47. The van der Waals surface area contributed by atoms with Crippen LogP contribution in [0.3, 0.4) is 0 Å². The predicted molar refractivity (Wildman–Crippen MR) is 68.2 cm³/mol. The van der Waals surface area contributed by atoms with Gasteiger partial charge in [-0.15, -0.1) is 0 Å². The average molecular weight is 257 g/mol. The molecule has 0 aromatic rings. The lowest BCUT2D eigenvalue weighted by atomic mass is 9.83. The van der Waals surface area contributed by atoms with Crippen LogP contribution in [0.4, 0.5) is 0 Å². The molecule has 1 unspecified atom stereocenters. The van der Waals surface area contributed by atoms with E-state index in [-0.39, 0.29) is 6.61 Å². The van der Waals surface area contributed by atoms with E-state index in [4.69, 9.17) is 19.3 Å². The third-order valence-electron chi connectivity index (χ3n) is 3.74. The molecule has 1 aliphatic carbocycles. The molecule has 4 heteroatoms. The Labute approximate surface area is 110 Å². The summed E-state index contributed by atoms with van der Waals surface area (Å²) in [5.41, 5.74) is 0. The molecule has 1 aliphatic heterocycles. The van der Waals surface area contributed by atoms with Gasteiger partial charge in [0.1, 0.15) is 12.5 Å². The van der Waals surface area contributed by atoms with E-state index < -0.39 is 0 Å². The second-order valence-corrected chi connectivity index (χ2v) is 5.39. The van der Waals surface area contributed by atoms with Crippen LogP contribution < -0.4 is 0 Å². The number of hydrogen-bond acceptors (Lipinski definition) is 4. The molecule has 0 spiro atoms. The Balaban J connectivity index is 1.45. The summed E-state index contributed by atoms with van der Waals surface area (Å²) in [5, 5.41) is 8.61. The molecule has 0 bridgehead atoms. The molecule has 4 nitrogen and oxygen atoms in total. The van der Waals surface area contributed by atoms with E-state index in [1.165, 1.54) is 25.7 Å². The van der Waals surface area contributed by atoms with Crippen LogP contribution in [-0.4, -0.2) is 50.9 Å². The van der Waals surface area contributed by atoms with Crippen molar-refractivity contribution >= 4 is 0 Å². The minimum atomic E-state index is 0.106. The lowest BCUT2D eigenvalue weighted by Crippen LogP contribution is -2.22. The SMILES string of the molecule is OC[CH+]COCC1CCC(COCC2CO2)CC1. The van der Waals surface area contributed by atoms with Gasteiger partial charge in [-0.05, 0) is 37.5 Å². The average Bonchev–Trinajstić information content (AvgIpc) is 3.21. The van der Waals surface area contributed by atoms with Crippen molar-refractivity contribution < 1.29 is 19.3 Å². The van der Waals surface area contributed by atoms with Crippen molar-refractivity contribution in [1.29, 1.82) is 0 Å². The van der Waals surface area contributed by atoms with Crippen molar-refractivity contribution in [3.05, 3.63) is 6.42 Å². The van der Waals surface area contributed by atoms with Gasteiger partial charge in [0.25, 0.3) is 0 Å². The van der Waals surface area contributed by atoms with Gasteiger partial charge in [0.15, 0.2) is 13.2 Å². The van der Waals surface area contributed by atoms with Gasteiger partial charge in [0, 0.05) is 6.61 Å². The first kappa shape index (κ1) is 14.1. The summed E-state index contributed by atoms with van der Waals surface area (Å²) >= 11 is 0. The topological polar surface area (TPSA) is 51.2 Å². The third kappa shape index (κ3) is 5.57. The van der Waals surface area contributed by atoms with E-state index in [9.17, 15) is 0 Å². The summed E-state index contributed by atoms with van der Waals surface area (Å²) in [6, 6.07) is 0. The van der Waals surface area contributed by atoms with Crippen LogP contribution in [0.1, 0.15) is 25.7 Å². The van der Waals surface area contributed by atoms with Crippen LogP contribution in [0.2, 0.25) is 0 Å². The first-order chi connectivity index (χ1) is 8.88. The van der Waals surface area contributed by atoms with E-state index in [1.807, 2.05) is 0 Å². The van der Waals surface area contributed by atoms with Crippen LogP contribution in [0.15, 0.2) is 0 Å². The Morgan fingerprint density at radius 2 is 1.61 bits per heavy atom. The molecule has 0 radical (unpaired) electrons. The number of rotatable bonds is 9. The van der Waals surface area contributed by atoms with Gasteiger partial charge in [-0.2, -0.15) is 0 Å². The highest BCUT2D eigenvalue weighted by molar-refractivity contribution is 4.74. The minimum absolute atomic E-state index is 0.106. The summed E-state index contributed by atoms with van der Waals surface area (Å²) in [7, 11) is 0. The van der Waals surface area contributed by atoms with E-state index >= 15 is 0 Å². The maximum absolute atomic E-state index is 8.61. The van der Waals surface area contributed by atoms with Gasteiger partial charge in [-0.3, -0.25) is 0 Å². The molecular formula is C14H25O4+. The Bertz CT molecular complexity index is 210. The molecular weight excluding hydrogens is 232 g/mol. The smallest absolute Gasteiger partial charge is 0.189 e. The quantitative estimate of drug-likeness (QED) is 0.385. The Morgan fingerprint density at radius 1 is 1.00 bits per heavy atom. The summed E-state index contributed by atoms with van der Waals surface area (Å²) in [6.07, 6.45) is 7.13. The highest BCUT2D eigenvalue weighted by Gasteiger charge is 2.25. The van der Waals surface area contributed by atoms with Crippen molar-refractivity contribution in [2.24, 2.45) is 11.8 Å². The van der Waals surface area contributed by atoms with Crippen LogP contribution in [0, 0.1) is 18.3 Å². The van der Waals surface area contributed by atoms with Crippen molar-refractivity contribution in [3.8, 4) is 0 Å². The van der Waals surface area contributed by atoms with Crippen molar-refractivity contribution in [1.82, 2.24) is 0 Å². The molecule has 2 aliphatic rings. The van der Waals surface area contributed by atoms with Crippen molar-refractivity contribution in [3.63, 3.8) is 0 Å². The predicted octanol–water partition coefficient (Wildman–Crippen LogP) is 1.42. The molecule has 1 saturated carbocycles. The van der Waals surface area contributed by atoms with Gasteiger partial charge in [-0.25, -0.2) is 0 Å². The zero-order valence-electron chi connectivity index (χ0n) is 11.1. The minimum Gasteiger partial charge on any atom is -0.378 e. The molecule has 0 aromatic heterocycles. The first-order valence-corrected chi connectivity index (χ1v) is 7.08. The number of hydrogen-bond donors (Lipinski definition) is 1. The lowest BCUT2D eigenvalue weighted by Gasteiger charge is -2.27. The Hall–Kier alpha value is -0.290. The van der Waals surface area contributed by atoms with Gasteiger partial charge in [-0.1, -0.05) is 0 Å². The molecule has 1 saturated heterocycles. The number of ether oxygens (including phenoxy) is 3. The molecule has 18 heavy (non-hydrogen) atoms. The summed E-state index contributed by atoms with van der Waals surface area (Å²) in [5.74, 6) is 1.42. The zero-order valence-corrected chi connectivity index (χ0v) is 11.1. The maximum Gasteiger partial charge on any atom is 0.189 e. The molecule has 0 amide bonds. The van der Waals surface area contributed by atoms with E-state index in [2.05, 4.69) is 0 Å². The second-order valence-electron chi connectivity index (χ2n) is 5.39. The highest BCUT2D eigenvalue weighted by atomic mass is 16.6. The third-order valence-corrected chi connectivity index (χ3v) is 3.74. The standard InChI is InChI=1S/C14H25O4/c15-6-1-7-16-8-12-2-4-13(5-3-12)9-17-10-14-11-18-14/h1,12-15H,2-11H2/q+1. The van der Waals surface area contributed by atoms with Gasteiger partial charge >= 0.3 is 0 Å². The number of epoxide rings is 1. The van der Waals surface area contributed by atoms with Crippen LogP contribution in [0.5, 0.6) is 0 Å². The highest BCUT2D eigenvalue weighted by Crippen LogP contribution is 2.29. The number of aliphatic hydroxyl groups excluding tert-OH is 1. The van der Waals surface area contributed by atoms with E-state index in [1.54, 1.807) is 6.42 Å². The summed E-state index contributed by atoms with van der Waals surface area (Å²) in [6.45, 7) is 4.07. The molecule has 1 N–H and O–H groups in total. The molecule has 2 rings (SSSR count). The Kier molecular flexibility index (Phi) is 6.28. The zero-order chi connectivity index (χ0) is 12.6. The van der Waals surface area contributed by atoms with E-state index in [0.29, 0.717) is 18.6 Å². The van der Waals surface area contributed by atoms with Gasteiger partial charge in [0.05, 0.1) is 19.8 Å². The van der Waals surface area contributed by atoms with Crippen LogP contribution >= 0.6 is 0 Å². The fraction of sp³-hybridized carbons (Fsp3) is 0.929. The summed E-state index contributed by atoms with van der Waals surface area (Å²) < 4.78 is 16.3. The fourth-order valence-electron chi connectivity index (χ4n) is 2.47. The van der Waals surface area contributed by atoms with E-state index in [0.717, 1.165) is 32.3 Å². The first-order valence-electron chi connectivity index (χ1n) is 7.08. The normalized spacial score (nSPS) is 31.3. The van der Waals surface area contributed by atoms with Crippen LogP contribution in [0.25, 0.3) is 0 Å². The van der Waals surface area contributed by atoms with Gasteiger partial charge in [0.2, 0.25) is 0 Å². The van der Waals surface area contributed by atoms with Crippen molar-refractivity contribution in [2.75, 3.05) is 39.6 Å². The second kappa shape index (κ2) is 8.00. The monoisotopic (exact) mass is 257 g/mol. The summed E-state index contributed by atoms with van der Waals surface area (Å²) in [4.78, 5) is 0. The maximum atomic E-state index is 8.61. The Morgan fingerprint density at radius 3 is 2.17 bits per heavy atom. The number of aliphatic hydroxyl groups is 1. The molecule has 1 heterocycles.